The van der Waals surface area contributed by atoms with E-state index in [4.69, 9.17) is 28.4 Å². The second-order valence-corrected chi connectivity index (χ2v) is 9.43. The molecule has 0 bridgehead atoms. The molecule has 0 unspecified atom stereocenters. The van der Waals surface area contributed by atoms with Crippen molar-refractivity contribution in [1.29, 1.82) is 0 Å². The summed E-state index contributed by atoms with van der Waals surface area (Å²) in [5.74, 6) is 0.558. The molecule has 1 heterocycles. The average Bonchev–Trinajstić information content (AvgIpc) is 2.56. The van der Waals surface area contributed by atoms with Crippen LogP contribution in [0.4, 0.5) is 0 Å². The van der Waals surface area contributed by atoms with Gasteiger partial charge in [0, 0.05) is 0 Å². The van der Waals surface area contributed by atoms with Crippen LogP contribution in [0.3, 0.4) is 0 Å². The Kier molecular flexibility index (Phi) is 12.2. The Morgan fingerprint density at radius 1 is 0.655 bits per heavy atom. The molecule has 1 aliphatic heterocycles. The first-order chi connectivity index (χ1) is 13.5. The third kappa shape index (κ3) is 10.1. The Balaban J connectivity index is 3.14. The van der Waals surface area contributed by atoms with E-state index in [9.17, 15) is 0 Å². The van der Waals surface area contributed by atoms with E-state index in [-0.39, 0.29) is 48.8 Å². The highest BCUT2D eigenvalue weighted by atomic mass is 16.7. The molecule has 1 aliphatic rings. The Labute approximate surface area is 178 Å². The standard InChI is InChI=1S/C23H46O6/c1-14(2)11-12-24-23-22(28-18(9)10)21(27-17(7)8)20(26-16(5)6)19(29-23)13-25-15(3)4/h14-23H,11-13H2,1-10H3/t19-,20-,21+,22-,23-/m1/s1. The van der Waals surface area contributed by atoms with Crippen molar-refractivity contribution in [2.45, 2.75) is 131 Å². The molecule has 0 aliphatic carbocycles. The van der Waals surface area contributed by atoms with Crippen LogP contribution < -0.4 is 0 Å². The van der Waals surface area contributed by atoms with Gasteiger partial charge in [-0.1, -0.05) is 13.8 Å². The second kappa shape index (κ2) is 13.2. The third-order valence-corrected chi connectivity index (χ3v) is 4.45. The van der Waals surface area contributed by atoms with Crippen LogP contribution in [0.5, 0.6) is 0 Å². The molecule has 0 spiro atoms. The summed E-state index contributed by atoms with van der Waals surface area (Å²) in [4.78, 5) is 0. The summed E-state index contributed by atoms with van der Waals surface area (Å²) in [6.45, 7) is 21.6. The molecule has 0 radical (unpaired) electrons. The van der Waals surface area contributed by atoms with E-state index in [2.05, 4.69) is 13.8 Å². The summed E-state index contributed by atoms with van der Waals surface area (Å²) in [6.07, 6.45) is -0.657. The van der Waals surface area contributed by atoms with E-state index in [0.29, 0.717) is 19.1 Å². The van der Waals surface area contributed by atoms with Gasteiger partial charge in [-0.25, -0.2) is 0 Å². The maximum atomic E-state index is 6.38. The Hall–Kier alpha value is -0.240. The molecule has 6 heteroatoms. The lowest BCUT2D eigenvalue weighted by Gasteiger charge is -2.47. The lowest BCUT2D eigenvalue weighted by Crippen LogP contribution is -2.63. The van der Waals surface area contributed by atoms with Crippen LogP contribution in [0.25, 0.3) is 0 Å². The minimum atomic E-state index is -0.521. The minimum Gasteiger partial charge on any atom is -0.376 e. The molecule has 5 atom stereocenters. The van der Waals surface area contributed by atoms with E-state index in [0.717, 1.165) is 6.42 Å². The van der Waals surface area contributed by atoms with Crippen LogP contribution in [0.1, 0.15) is 75.7 Å². The summed E-state index contributed by atoms with van der Waals surface area (Å²) in [7, 11) is 0. The van der Waals surface area contributed by atoms with Crippen molar-refractivity contribution in [3.63, 3.8) is 0 Å². The normalized spacial score (nSPS) is 28.4. The van der Waals surface area contributed by atoms with Crippen LogP contribution >= 0.6 is 0 Å². The van der Waals surface area contributed by atoms with Gasteiger partial charge >= 0.3 is 0 Å². The van der Waals surface area contributed by atoms with Crippen molar-refractivity contribution in [3.05, 3.63) is 0 Å². The number of rotatable bonds is 13. The summed E-state index contributed by atoms with van der Waals surface area (Å²) >= 11 is 0. The van der Waals surface area contributed by atoms with Crippen molar-refractivity contribution in [1.82, 2.24) is 0 Å². The molecule has 0 saturated carbocycles. The van der Waals surface area contributed by atoms with Gasteiger partial charge in [-0.2, -0.15) is 0 Å². The fourth-order valence-corrected chi connectivity index (χ4v) is 3.26. The summed E-state index contributed by atoms with van der Waals surface area (Å²) < 4.78 is 37.3. The molecule has 0 aromatic carbocycles. The lowest BCUT2D eigenvalue weighted by atomic mass is 9.97. The SMILES string of the molecule is CC(C)CCO[C@@H]1O[C@H](COC(C)C)[C@@H](OC(C)C)[C@H](OC(C)C)[C@H]1OC(C)C. The Bertz CT molecular complexity index is 424. The number of hydrogen-bond acceptors (Lipinski definition) is 6. The molecule has 0 N–H and O–H groups in total. The smallest absolute Gasteiger partial charge is 0.186 e. The molecule has 1 saturated heterocycles. The van der Waals surface area contributed by atoms with Crippen molar-refractivity contribution in [3.8, 4) is 0 Å². The van der Waals surface area contributed by atoms with Gasteiger partial charge in [-0.3, -0.25) is 0 Å². The zero-order valence-electron chi connectivity index (χ0n) is 20.3. The first-order valence-corrected chi connectivity index (χ1v) is 11.4. The van der Waals surface area contributed by atoms with E-state index in [1.165, 1.54) is 0 Å². The molecule has 1 rings (SSSR count). The molecular weight excluding hydrogens is 372 g/mol. The maximum Gasteiger partial charge on any atom is 0.186 e. The van der Waals surface area contributed by atoms with E-state index in [1.807, 2.05) is 55.4 Å². The van der Waals surface area contributed by atoms with Gasteiger partial charge in [0.25, 0.3) is 0 Å². The quantitative estimate of drug-likeness (QED) is 0.436. The monoisotopic (exact) mass is 418 g/mol. The largest absolute Gasteiger partial charge is 0.376 e. The first-order valence-electron chi connectivity index (χ1n) is 11.4. The van der Waals surface area contributed by atoms with Crippen LogP contribution in [0.2, 0.25) is 0 Å². The lowest BCUT2D eigenvalue weighted by molar-refractivity contribution is -0.335. The number of ether oxygens (including phenoxy) is 6. The van der Waals surface area contributed by atoms with Crippen LogP contribution in [0, 0.1) is 5.92 Å². The molecule has 1 fully saturated rings. The maximum absolute atomic E-state index is 6.38. The highest BCUT2D eigenvalue weighted by Crippen LogP contribution is 2.31. The Morgan fingerprint density at radius 2 is 1.17 bits per heavy atom. The number of hydrogen-bond donors (Lipinski definition) is 0. The molecular formula is C23H46O6. The third-order valence-electron chi connectivity index (χ3n) is 4.45. The fraction of sp³-hybridized carbons (Fsp3) is 1.00. The van der Waals surface area contributed by atoms with Gasteiger partial charge in [0.2, 0.25) is 0 Å². The fourth-order valence-electron chi connectivity index (χ4n) is 3.26. The van der Waals surface area contributed by atoms with Crippen molar-refractivity contribution < 1.29 is 28.4 Å². The topological polar surface area (TPSA) is 55.4 Å². The molecule has 6 nitrogen and oxygen atoms in total. The Morgan fingerprint density at radius 3 is 1.66 bits per heavy atom. The molecule has 0 aromatic rings. The predicted octanol–water partition coefficient (Wildman–Crippen LogP) is 4.58. The molecule has 174 valence electrons. The zero-order valence-corrected chi connectivity index (χ0v) is 20.3. The van der Waals surface area contributed by atoms with Gasteiger partial charge in [-0.15, -0.1) is 0 Å². The highest BCUT2D eigenvalue weighted by molar-refractivity contribution is 4.94. The average molecular weight is 419 g/mol. The van der Waals surface area contributed by atoms with Gasteiger partial charge < -0.3 is 28.4 Å². The van der Waals surface area contributed by atoms with Crippen LogP contribution in [-0.4, -0.2) is 68.3 Å². The van der Waals surface area contributed by atoms with Crippen LogP contribution in [0.15, 0.2) is 0 Å². The van der Waals surface area contributed by atoms with E-state index >= 15 is 0 Å². The highest BCUT2D eigenvalue weighted by Gasteiger charge is 2.49. The summed E-state index contributed by atoms with van der Waals surface area (Å²) in [5.41, 5.74) is 0. The van der Waals surface area contributed by atoms with Gasteiger partial charge in [0.1, 0.15) is 24.4 Å². The first kappa shape index (κ1) is 26.8. The van der Waals surface area contributed by atoms with E-state index < -0.39 is 6.29 Å². The summed E-state index contributed by atoms with van der Waals surface area (Å²) in [6, 6.07) is 0. The van der Waals surface area contributed by atoms with Gasteiger partial charge in [0.05, 0.1) is 37.6 Å². The second-order valence-electron chi connectivity index (χ2n) is 9.43. The van der Waals surface area contributed by atoms with E-state index in [1.54, 1.807) is 0 Å². The van der Waals surface area contributed by atoms with Crippen LogP contribution in [-0.2, 0) is 28.4 Å². The van der Waals surface area contributed by atoms with Crippen molar-refractivity contribution in [2.24, 2.45) is 5.92 Å². The minimum absolute atomic E-state index is 0.0150. The van der Waals surface area contributed by atoms with Gasteiger partial charge in [-0.05, 0) is 67.7 Å². The van der Waals surface area contributed by atoms with Gasteiger partial charge in [0.15, 0.2) is 6.29 Å². The zero-order chi connectivity index (χ0) is 22.1. The predicted molar refractivity (Wildman–Crippen MR) is 115 cm³/mol. The van der Waals surface area contributed by atoms with Crippen molar-refractivity contribution in [2.75, 3.05) is 13.2 Å². The molecule has 0 amide bonds. The summed E-state index contributed by atoms with van der Waals surface area (Å²) in [5, 5.41) is 0. The molecule has 29 heavy (non-hydrogen) atoms. The van der Waals surface area contributed by atoms with Crippen molar-refractivity contribution >= 4 is 0 Å². The molecule has 0 aromatic heterocycles.